The fourth-order valence-corrected chi connectivity index (χ4v) is 1.35. The average Bonchev–Trinajstić information content (AvgIpc) is 2.28. The lowest BCUT2D eigenvalue weighted by Gasteiger charge is -2.02. The Bertz CT molecular complexity index is 258. The third-order valence-electron chi connectivity index (χ3n) is 2.03. The standard InChI is InChI=1S/C10H15N/c1-5-7(2)10-6-8(3)11-9(10)4/h5-7,11H,1H2,2-4H3. The highest BCUT2D eigenvalue weighted by atomic mass is 14.7. The Balaban J connectivity index is 3.02. The topological polar surface area (TPSA) is 15.8 Å². The molecule has 1 aromatic rings. The first-order chi connectivity index (χ1) is 5.15. The molecule has 1 unspecified atom stereocenters. The van der Waals surface area contributed by atoms with E-state index in [1.54, 1.807) is 0 Å². The van der Waals surface area contributed by atoms with Crippen LogP contribution in [0.1, 0.15) is 29.8 Å². The molecule has 0 amide bonds. The largest absolute Gasteiger partial charge is 0.362 e. The number of H-pyrrole nitrogens is 1. The maximum atomic E-state index is 3.77. The normalized spacial score (nSPS) is 13.0. The van der Waals surface area contributed by atoms with Gasteiger partial charge in [-0.2, -0.15) is 0 Å². The molecule has 0 saturated heterocycles. The van der Waals surface area contributed by atoms with Gasteiger partial charge in [-0.05, 0) is 25.5 Å². The second-order valence-electron chi connectivity index (χ2n) is 3.06. The molecule has 0 aliphatic carbocycles. The van der Waals surface area contributed by atoms with Crippen LogP contribution in [0.5, 0.6) is 0 Å². The molecule has 0 aromatic carbocycles. The molecule has 1 nitrogen and oxygen atoms in total. The zero-order valence-electron chi connectivity index (χ0n) is 7.44. The van der Waals surface area contributed by atoms with Gasteiger partial charge in [-0.15, -0.1) is 6.58 Å². The van der Waals surface area contributed by atoms with Crippen molar-refractivity contribution < 1.29 is 0 Å². The van der Waals surface area contributed by atoms with Crippen LogP contribution in [-0.2, 0) is 0 Å². The molecule has 1 rings (SSSR count). The van der Waals surface area contributed by atoms with Gasteiger partial charge in [-0.3, -0.25) is 0 Å². The molecule has 0 radical (unpaired) electrons. The first kappa shape index (κ1) is 8.12. The molecule has 1 heterocycles. The van der Waals surface area contributed by atoms with Crippen LogP contribution >= 0.6 is 0 Å². The molecular weight excluding hydrogens is 134 g/mol. The Hall–Kier alpha value is -0.980. The molecule has 0 bridgehead atoms. The van der Waals surface area contributed by atoms with Crippen LogP contribution in [0.4, 0.5) is 0 Å². The van der Waals surface area contributed by atoms with E-state index in [2.05, 4.69) is 38.4 Å². The molecular formula is C10H15N. The van der Waals surface area contributed by atoms with Crippen molar-refractivity contribution >= 4 is 0 Å². The zero-order chi connectivity index (χ0) is 8.43. The van der Waals surface area contributed by atoms with E-state index in [4.69, 9.17) is 0 Å². The fraction of sp³-hybridized carbons (Fsp3) is 0.400. The Labute approximate surface area is 68.1 Å². The summed E-state index contributed by atoms with van der Waals surface area (Å²) in [6.07, 6.45) is 1.97. The number of rotatable bonds is 2. The van der Waals surface area contributed by atoms with E-state index in [1.165, 1.54) is 17.0 Å². The highest BCUT2D eigenvalue weighted by Gasteiger charge is 2.06. The van der Waals surface area contributed by atoms with Gasteiger partial charge in [0.05, 0.1) is 0 Å². The number of hydrogen-bond donors (Lipinski definition) is 1. The van der Waals surface area contributed by atoms with Crippen LogP contribution in [-0.4, -0.2) is 4.98 Å². The van der Waals surface area contributed by atoms with Crippen molar-refractivity contribution in [3.05, 3.63) is 35.7 Å². The number of aromatic nitrogens is 1. The fourth-order valence-electron chi connectivity index (χ4n) is 1.35. The summed E-state index contributed by atoms with van der Waals surface area (Å²) in [4.78, 5) is 3.27. The first-order valence-corrected chi connectivity index (χ1v) is 3.93. The van der Waals surface area contributed by atoms with E-state index in [1.807, 2.05) is 6.08 Å². The summed E-state index contributed by atoms with van der Waals surface area (Å²) < 4.78 is 0. The highest BCUT2D eigenvalue weighted by Crippen LogP contribution is 2.20. The van der Waals surface area contributed by atoms with Gasteiger partial charge < -0.3 is 4.98 Å². The van der Waals surface area contributed by atoms with E-state index in [9.17, 15) is 0 Å². The van der Waals surface area contributed by atoms with E-state index < -0.39 is 0 Å². The Morgan fingerprint density at radius 2 is 2.18 bits per heavy atom. The van der Waals surface area contributed by atoms with Crippen LogP contribution in [0, 0.1) is 13.8 Å². The van der Waals surface area contributed by atoms with Crippen LogP contribution < -0.4 is 0 Å². The summed E-state index contributed by atoms with van der Waals surface area (Å²) in [7, 11) is 0. The quantitative estimate of drug-likeness (QED) is 0.622. The molecule has 1 atom stereocenters. The Morgan fingerprint density at radius 3 is 2.55 bits per heavy atom. The minimum Gasteiger partial charge on any atom is -0.362 e. The van der Waals surface area contributed by atoms with Crippen LogP contribution in [0.25, 0.3) is 0 Å². The van der Waals surface area contributed by atoms with Gasteiger partial charge in [-0.1, -0.05) is 13.0 Å². The van der Waals surface area contributed by atoms with Crippen molar-refractivity contribution in [2.24, 2.45) is 0 Å². The minimum absolute atomic E-state index is 0.458. The SMILES string of the molecule is C=CC(C)c1cc(C)[nH]c1C. The van der Waals surface area contributed by atoms with E-state index in [0.29, 0.717) is 5.92 Å². The van der Waals surface area contributed by atoms with E-state index in [0.717, 1.165) is 0 Å². The Kier molecular flexibility index (Phi) is 2.18. The van der Waals surface area contributed by atoms with Crippen LogP contribution in [0.15, 0.2) is 18.7 Å². The van der Waals surface area contributed by atoms with Gasteiger partial charge in [0.1, 0.15) is 0 Å². The number of aromatic amines is 1. The molecule has 0 saturated carbocycles. The predicted molar refractivity (Wildman–Crippen MR) is 48.9 cm³/mol. The molecule has 11 heavy (non-hydrogen) atoms. The number of aryl methyl sites for hydroxylation is 2. The molecule has 60 valence electrons. The molecule has 0 aliphatic rings. The maximum absolute atomic E-state index is 3.77. The summed E-state index contributed by atoms with van der Waals surface area (Å²) in [5.41, 5.74) is 3.85. The summed E-state index contributed by atoms with van der Waals surface area (Å²) in [5.74, 6) is 0.458. The lowest BCUT2D eigenvalue weighted by Crippen LogP contribution is -1.88. The Morgan fingerprint density at radius 1 is 1.55 bits per heavy atom. The molecule has 0 aliphatic heterocycles. The molecule has 1 N–H and O–H groups in total. The van der Waals surface area contributed by atoms with Crippen LogP contribution in [0.3, 0.4) is 0 Å². The summed E-state index contributed by atoms with van der Waals surface area (Å²) in [6, 6.07) is 2.18. The van der Waals surface area contributed by atoms with Crippen molar-refractivity contribution in [3.63, 3.8) is 0 Å². The molecule has 0 fully saturated rings. The highest BCUT2D eigenvalue weighted by molar-refractivity contribution is 5.29. The number of nitrogens with one attached hydrogen (secondary N) is 1. The lowest BCUT2D eigenvalue weighted by atomic mass is 10.0. The molecule has 1 aromatic heterocycles. The van der Waals surface area contributed by atoms with Gasteiger partial charge in [0.25, 0.3) is 0 Å². The third kappa shape index (κ3) is 1.53. The summed E-state index contributed by atoms with van der Waals surface area (Å²) in [6.45, 7) is 10.1. The van der Waals surface area contributed by atoms with Crippen molar-refractivity contribution in [1.29, 1.82) is 0 Å². The summed E-state index contributed by atoms with van der Waals surface area (Å²) >= 11 is 0. The van der Waals surface area contributed by atoms with E-state index >= 15 is 0 Å². The van der Waals surface area contributed by atoms with Gasteiger partial charge in [-0.25, -0.2) is 0 Å². The average molecular weight is 149 g/mol. The van der Waals surface area contributed by atoms with Crippen molar-refractivity contribution in [1.82, 2.24) is 4.98 Å². The predicted octanol–water partition coefficient (Wildman–Crippen LogP) is 2.92. The van der Waals surface area contributed by atoms with Crippen LogP contribution in [0.2, 0.25) is 0 Å². The molecule has 1 heteroatoms. The maximum Gasteiger partial charge on any atom is 0.0156 e. The van der Waals surface area contributed by atoms with Gasteiger partial charge in [0.15, 0.2) is 0 Å². The summed E-state index contributed by atoms with van der Waals surface area (Å²) in [5, 5.41) is 0. The van der Waals surface area contributed by atoms with Crippen molar-refractivity contribution in [2.75, 3.05) is 0 Å². The zero-order valence-corrected chi connectivity index (χ0v) is 7.44. The first-order valence-electron chi connectivity index (χ1n) is 3.93. The van der Waals surface area contributed by atoms with Gasteiger partial charge in [0, 0.05) is 17.3 Å². The number of hydrogen-bond acceptors (Lipinski definition) is 0. The second kappa shape index (κ2) is 2.95. The van der Waals surface area contributed by atoms with E-state index in [-0.39, 0.29) is 0 Å². The lowest BCUT2D eigenvalue weighted by molar-refractivity contribution is 0.954. The van der Waals surface area contributed by atoms with Crippen molar-refractivity contribution in [2.45, 2.75) is 26.7 Å². The third-order valence-corrected chi connectivity index (χ3v) is 2.03. The monoisotopic (exact) mass is 149 g/mol. The molecule has 0 spiro atoms. The van der Waals surface area contributed by atoms with Gasteiger partial charge in [0.2, 0.25) is 0 Å². The minimum atomic E-state index is 0.458. The van der Waals surface area contributed by atoms with Gasteiger partial charge >= 0.3 is 0 Å². The number of allylic oxidation sites excluding steroid dienone is 1. The van der Waals surface area contributed by atoms with Crippen molar-refractivity contribution in [3.8, 4) is 0 Å². The smallest absolute Gasteiger partial charge is 0.0156 e. The second-order valence-corrected chi connectivity index (χ2v) is 3.06.